The third-order valence-corrected chi connectivity index (χ3v) is 5.63. The number of halogens is 6. The van der Waals surface area contributed by atoms with Gasteiger partial charge in [0.1, 0.15) is 5.75 Å². The number of hydrogen-bond acceptors (Lipinski definition) is 3. The zero-order valence-corrected chi connectivity index (χ0v) is 18.8. The fraction of sp³-hybridized carbons (Fsp3) is 0.192. The number of nitrogens with one attached hydrogen (secondary N) is 1. The van der Waals surface area contributed by atoms with Crippen molar-refractivity contribution in [3.05, 3.63) is 107 Å². The molecule has 1 aliphatic heterocycles. The normalized spacial score (nSPS) is 17.1. The van der Waals surface area contributed by atoms with Gasteiger partial charge in [-0.15, -0.1) is 13.2 Å². The molecule has 0 aromatic heterocycles. The van der Waals surface area contributed by atoms with Gasteiger partial charge >= 0.3 is 12.5 Å². The van der Waals surface area contributed by atoms with Gasteiger partial charge < -0.3 is 10.1 Å². The maximum absolute atomic E-state index is 13.4. The molecule has 0 saturated heterocycles. The van der Waals surface area contributed by atoms with E-state index in [1.807, 2.05) is 37.3 Å². The Bertz CT molecular complexity index is 1250. The summed E-state index contributed by atoms with van der Waals surface area (Å²) in [6, 6.07) is 17.2. The minimum atomic E-state index is -4.91. The minimum absolute atomic E-state index is 0.153. The van der Waals surface area contributed by atoms with E-state index >= 15 is 0 Å². The van der Waals surface area contributed by atoms with E-state index in [9.17, 15) is 31.1 Å². The van der Waals surface area contributed by atoms with E-state index in [-0.39, 0.29) is 23.0 Å². The van der Waals surface area contributed by atoms with Gasteiger partial charge in [-0.2, -0.15) is 13.2 Å². The fourth-order valence-corrected chi connectivity index (χ4v) is 3.96. The molecule has 0 aliphatic carbocycles. The zero-order chi connectivity index (χ0) is 26.1. The first-order chi connectivity index (χ1) is 16.9. The number of rotatable bonds is 6. The maximum atomic E-state index is 13.4. The van der Waals surface area contributed by atoms with E-state index in [1.54, 1.807) is 0 Å². The lowest BCUT2D eigenvalue weighted by molar-refractivity contribution is -0.274. The number of benzene rings is 3. The first-order valence-electron chi connectivity index (χ1n) is 10.8. The number of anilines is 1. The summed E-state index contributed by atoms with van der Waals surface area (Å²) in [6.45, 7) is 1.83. The highest BCUT2D eigenvalue weighted by Crippen LogP contribution is 2.39. The standard InChI is InChI=1S/C26H20F6N2O2/c1-16(17-6-3-2-4-7-17)33-22-15-23(18-8-5-9-21(14-18)36-26(30,31)32)34(24(22)35)20-12-10-19(11-13-20)25(27,28)29/h2-16,23,33H,1H3/t16-,23+/m1/s1. The predicted molar refractivity (Wildman–Crippen MR) is 121 cm³/mol. The van der Waals surface area contributed by atoms with Crippen molar-refractivity contribution in [3.63, 3.8) is 0 Å². The van der Waals surface area contributed by atoms with Crippen LogP contribution in [0.1, 0.15) is 35.7 Å². The Labute approximate surface area is 202 Å². The van der Waals surface area contributed by atoms with Gasteiger partial charge in [0.05, 0.1) is 17.3 Å². The molecule has 1 amide bonds. The Hall–Kier alpha value is -3.95. The Kier molecular flexibility index (Phi) is 6.71. The fourth-order valence-electron chi connectivity index (χ4n) is 3.96. The number of carbonyl (C=O) groups is 1. The summed E-state index contributed by atoms with van der Waals surface area (Å²) in [6.07, 6.45) is -7.94. The van der Waals surface area contributed by atoms with Crippen LogP contribution < -0.4 is 15.0 Å². The van der Waals surface area contributed by atoms with Crippen LogP contribution in [0.2, 0.25) is 0 Å². The van der Waals surface area contributed by atoms with Crippen LogP contribution in [-0.2, 0) is 11.0 Å². The molecule has 0 bridgehead atoms. The molecular weight excluding hydrogens is 486 g/mol. The zero-order valence-electron chi connectivity index (χ0n) is 18.8. The topological polar surface area (TPSA) is 41.6 Å². The molecule has 4 rings (SSSR count). The Balaban J connectivity index is 1.71. The lowest BCUT2D eigenvalue weighted by Crippen LogP contribution is -2.33. The minimum Gasteiger partial charge on any atom is -0.406 e. The molecular formula is C26H20F6N2O2. The molecule has 0 spiro atoms. The summed E-state index contributed by atoms with van der Waals surface area (Å²) >= 11 is 0. The van der Waals surface area contributed by atoms with Gasteiger partial charge in [0.2, 0.25) is 0 Å². The third kappa shape index (κ3) is 5.64. The summed E-state index contributed by atoms with van der Waals surface area (Å²) in [5.74, 6) is -1.02. The molecule has 0 saturated carbocycles. The number of nitrogens with zero attached hydrogens (tertiary/aromatic N) is 1. The molecule has 3 aromatic carbocycles. The molecule has 4 nitrogen and oxygen atoms in total. The van der Waals surface area contributed by atoms with Gasteiger partial charge in [0.25, 0.3) is 5.91 Å². The third-order valence-electron chi connectivity index (χ3n) is 5.63. The van der Waals surface area contributed by atoms with Crippen LogP contribution in [0.5, 0.6) is 5.75 Å². The molecule has 0 fully saturated rings. The van der Waals surface area contributed by atoms with Crippen molar-refractivity contribution in [2.45, 2.75) is 31.5 Å². The van der Waals surface area contributed by atoms with E-state index in [4.69, 9.17) is 0 Å². The van der Waals surface area contributed by atoms with Gasteiger partial charge in [-0.25, -0.2) is 0 Å². The first-order valence-corrected chi connectivity index (χ1v) is 10.8. The molecule has 3 aromatic rings. The summed E-state index contributed by atoms with van der Waals surface area (Å²) in [5.41, 5.74) is 0.600. The number of carbonyl (C=O) groups excluding carboxylic acids is 1. The first kappa shape index (κ1) is 25.2. The van der Waals surface area contributed by atoms with Gasteiger partial charge in [-0.05, 0) is 60.5 Å². The molecule has 188 valence electrons. The number of hydrogen-bond donors (Lipinski definition) is 1. The van der Waals surface area contributed by atoms with Crippen molar-refractivity contribution in [2.75, 3.05) is 4.90 Å². The van der Waals surface area contributed by atoms with E-state index in [0.29, 0.717) is 0 Å². The summed E-state index contributed by atoms with van der Waals surface area (Å²) in [7, 11) is 0. The quantitative estimate of drug-likeness (QED) is 0.369. The SMILES string of the molecule is C[C@@H](NC1=C[C@@H](c2cccc(OC(F)(F)F)c2)N(c2ccc(C(F)(F)F)cc2)C1=O)c1ccccc1. The van der Waals surface area contributed by atoms with Crippen LogP contribution in [0.3, 0.4) is 0 Å². The molecule has 1 aliphatic rings. The van der Waals surface area contributed by atoms with E-state index in [1.165, 1.54) is 23.1 Å². The monoisotopic (exact) mass is 506 g/mol. The average molecular weight is 506 g/mol. The second kappa shape index (κ2) is 9.60. The van der Waals surface area contributed by atoms with Crippen molar-refractivity contribution in [1.29, 1.82) is 0 Å². The van der Waals surface area contributed by atoms with Crippen molar-refractivity contribution < 1.29 is 35.9 Å². The largest absolute Gasteiger partial charge is 0.573 e. The number of amides is 1. The van der Waals surface area contributed by atoms with Crippen molar-refractivity contribution >= 4 is 11.6 Å². The number of ether oxygens (including phenoxy) is 1. The summed E-state index contributed by atoms with van der Waals surface area (Å²) in [5, 5.41) is 3.11. The van der Waals surface area contributed by atoms with Crippen LogP contribution in [-0.4, -0.2) is 12.3 Å². The van der Waals surface area contributed by atoms with Gasteiger partial charge in [0.15, 0.2) is 0 Å². The lowest BCUT2D eigenvalue weighted by Gasteiger charge is -2.26. The van der Waals surface area contributed by atoms with Crippen molar-refractivity contribution in [3.8, 4) is 5.75 Å². The maximum Gasteiger partial charge on any atom is 0.573 e. The molecule has 36 heavy (non-hydrogen) atoms. The van der Waals surface area contributed by atoms with Crippen LogP contribution in [0.4, 0.5) is 32.0 Å². The molecule has 2 atom stereocenters. The molecule has 1 N–H and O–H groups in total. The van der Waals surface area contributed by atoms with Crippen LogP contribution in [0, 0.1) is 0 Å². The van der Waals surface area contributed by atoms with E-state index in [0.717, 1.165) is 42.0 Å². The van der Waals surface area contributed by atoms with Gasteiger partial charge in [-0.1, -0.05) is 42.5 Å². The molecule has 1 heterocycles. The van der Waals surface area contributed by atoms with Gasteiger partial charge in [0, 0.05) is 11.7 Å². The van der Waals surface area contributed by atoms with Crippen molar-refractivity contribution in [2.24, 2.45) is 0 Å². The van der Waals surface area contributed by atoms with E-state index < -0.39 is 35.8 Å². The van der Waals surface area contributed by atoms with E-state index in [2.05, 4.69) is 10.1 Å². The Morgan fingerprint density at radius 2 is 1.56 bits per heavy atom. The Morgan fingerprint density at radius 3 is 2.17 bits per heavy atom. The van der Waals surface area contributed by atoms with Crippen LogP contribution >= 0.6 is 0 Å². The van der Waals surface area contributed by atoms with Gasteiger partial charge in [-0.3, -0.25) is 9.69 Å². The molecule has 0 radical (unpaired) electrons. The second-order valence-corrected chi connectivity index (χ2v) is 8.14. The average Bonchev–Trinajstić information content (AvgIpc) is 3.14. The molecule has 10 heteroatoms. The highest BCUT2D eigenvalue weighted by molar-refractivity contribution is 6.08. The lowest BCUT2D eigenvalue weighted by atomic mass is 10.1. The smallest absolute Gasteiger partial charge is 0.406 e. The van der Waals surface area contributed by atoms with Crippen LogP contribution in [0.25, 0.3) is 0 Å². The predicted octanol–water partition coefficient (Wildman–Crippen LogP) is 6.93. The summed E-state index contributed by atoms with van der Waals surface area (Å²) in [4.78, 5) is 14.6. The van der Waals surface area contributed by atoms with Crippen LogP contribution in [0.15, 0.2) is 90.6 Å². The number of alkyl halides is 6. The highest BCUT2D eigenvalue weighted by atomic mass is 19.4. The Morgan fingerprint density at radius 1 is 0.889 bits per heavy atom. The van der Waals surface area contributed by atoms with Crippen molar-refractivity contribution in [1.82, 2.24) is 5.32 Å². The molecule has 0 unspecified atom stereocenters. The highest BCUT2D eigenvalue weighted by Gasteiger charge is 2.37. The second-order valence-electron chi connectivity index (χ2n) is 8.14. The summed E-state index contributed by atoms with van der Waals surface area (Å²) < 4.78 is 81.4.